The SMILES string of the molecule is O=C(N[C@H]1CCN(c2c(F)cccc2F)C1)c1ccc2nncn2c1. The predicted octanol–water partition coefficient (Wildman–Crippen LogP) is 2.02. The van der Waals surface area contributed by atoms with E-state index in [0.717, 1.165) is 0 Å². The van der Waals surface area contributed by atoms with Crippen LogP contribution >= 0.6 is 0 Å². The lowest BCUT2D eigenvalue weighted by Gasteiger charge is -2.20. The van der Waals surface area contributed by atoms with Gasteiger partial charge < -0.3 is 10.2 Å². The van der Waals surface area contributed by atoms with E-state index in [1.165, 1.54) is 24.5 Å². The third kappa shape index (κ3) is 2.90. The van der Waals surface area contributed by atoms with E-state index in [-0.39, 0.29) is 17.6 Å². The Morgan fingerprint density at radius 1 is 1.20 bits per heavy atom. The third-order valence-corrected chi connectivity index (χ3v) is 4.33. The van der Waals surface area contributed by atoms with Crippen LogP contribution in [0.25, 0.3) is 5.65 Å². The molecule has 128 valence electrons. The molecule has 1 aromatic carbocycles. The van der Waals surface area contributed by atoms with Gasteiger partial charge in [0.15, 0.2) is 5.65 Å². The zero-order valence-corrected chi connectivity index (χ0v) is 13.2. The summed E-state index contributed by atoms with van der Waals surface area (Å²) < 4.78 is 29.4. The van der Waals surface area contributed by atoms with Crippen molar-refractivity contribution in [2.45, 2.75) is 12.5 Å². The number of halogens is 2. The molecule has 3 heterocycles. The molecule has 0 unspecified atom stereocenters. The number of fused-ring (bicyclic) bond motifs is 1. The van der Waals surface area contributed by atoms with Gasteiger partial charge in [-0.2, -0.15) is 0 Å². The highest BCUT2D eigenvalue weighted by atomic mass is 19.1. The minimum atomic E-state index is -0.593. The van der Waals surface area contributed by atoms with Gasteiger partial charge in [0.05, 0.1) is 5.56 Å². The molecule has 1 amide bonds. The van der Waals surface area contributed by atoms with Gasteiger partial charge in [-0.15, -0.1) is 10.2 Å². The van der Waals surface area contributed by atoms with Gasteiger partial charge >= 0.3 is 0 Å². The van der Waals surface area contributed by atoms with Crippen molar-refractivity contribution in [1.82, 2.24) is 19.9 Å². The first-order chi connectivity index (χ1) is 12.1. The molecule has 25 heavy (non-hydrogen) atoms. The maximum atomic E-state index is 13.9. The van der Waals surface area contributed by atoms with Crippen molar-refractivity contribution in [3.63, 3.8) is 0 Å². The number of para-hydroxylation sites is 1. The molecule has 1 fully saturated rings. The second-order valence-electron chi connectivity index (χ2n) is 5.99. The molecule has 0 saturated carbocycles. The first-order valence-electron chi connectivity index (χ1n) is 7.91. The lowest BCUT2D eigenvalue weighted by Crippen LogP contribution is -2.37. The Hall–Kier alpha value is -3.03. The number of nitrogens with one attached hydrogen (secondary N) is 1. The number of pyridine rings is 1. The molecule has 0 radical (unpaired) electrons. The monoisotopic (exact) mass is 343 g/mol. The van der Waals surface area contributed by atoms with Gasteiger partial charge in [-0.05, 0) is 30.7 Å². The number of benzene rings is 1. The second-order valence-corrected chi connectivity index (χ2v) is 5.99. The summed E-state index contributed by atoms with van der Waals surface area (Å²) >= 11 is 0. The molecule has 1 atom stereocenters. The van der Waals surface area contributed by atoms with E-state index in [1.54, 1.807) is 27.6 Å². The number of anilines is 1. The molecule has 1 N–H and O–H groups in total. The number of hydrogen-bond donors (Lipinski definition) is 1. The minimum Gasteiger partial charge on any atom is -0.365 e. The van der Waals surface area contributed by atoms with Crippen LogP contribution in [0.15, 0.2) is 42.9 Å². The maximum Gasteiger partial charge on any atom is 0.253 e. The average molecular weight is 343 g/mol. The summed E-state index contributed by atoms with van der Waals surface area (Å²) in [5.41, 5.74) is 1.09. The number of carbonyl (C=O) groups excluding carboxylic acids is 1. The van der Waals surface area contributed by atoms with Crippen LogP contribution in [0.1, 0.15) is 16.8 Å². The first-order valence-corrected chi connectivity index (χ1v) is 7.91. The quantitative estimate of drug-likeness (QED) is 0.790. The first kappa shape index (κ1) is 15.5. The smallest absolute Gasteiger partial charge is 0.253 e. The molecule has 1 aliphatic heterocycles. The number of hydrogen-bond acceptors (Lipinski definition) is 4. The highest BCUT2D eigenvalue weighted by Gasteiger charge is 2.28. The van der Waals surface area contributed by atoms with Crippen LogP contribution in [0.5, 0.6) is 0 Å². The van der Waals surface area contributed by atoms with Crippen LogP contribution in [0.3, 0.4) is 0 Å². The van der Waals surface area contributed by atoms with Crippen LogP contribution in [0, 0.1) is 11.6 Å². The maximum absolute atomic E-state index is 13.9. The van der Waals surface area contributed by atoms with Gasteiger partial charge in [0.25, 0.3) is 5.91 Å². The number of aromatic nitrogens is 3. The molecule has 8 heteroatoms. The van der Waals surface area contributed by atoms with Gasteiger partial charge in [0, 0.05) is 25.3 Å². The van der Waals surface area contributed by atoms with Crippen LogP contribution in [0.4, 0.5) is 14.5 Å². The standard InChI is InChI=1S/C17H15F2N5O/c18-13-2-1-3-14(19)16(13)23-7-6-12(9-23)21-17(25)11-4-5-15-22-20-10-24(15)8-11/h1-5,8,10,12H,6-7,9H2,(H,21,25)/t12-/m0/s1. The van der Waals surface area contributed by atoms with Crippen molar-refractivity contribution in [3.8, 4) is 0 Å². The van der Waals surface area contributed by atoms with E-state index in [0.29, 0.717) is 30.7 Å². The van der Waals surface area contributed by atoms with Crippen LogP contribution in [-0.4, -0.2) is 39.6 Å². The van der Waals surface area contributed by atoms with Gasteiger partial charge in [-0.25, -0.2) is 8.78 Å². The van der Waals surface area contributed by atoms with E-state index >= 15 is 0 Å². The van der Waals surface area contributed by atoms with Crippen LogP contribution in [0.2, 0.25) is 0 Å². The summed E-state index contributed by atoms with van der Waals surface area (Å²) in [5, 5.41) is 10.6. The molecule has 0 aliphatic carbocycles. The summed E-state index contributed by atoms with van der Waals surface area (Å²) in [4.78, 5) is 14.0. The zero-order valence-electron chi connectivity index (χ0n) is 13.2. The summed E-state index contributed by atoms with van der Waals surface area (Å²) in [6.45, 7) is 0.839. The third-order valence-electron chi connectivity index (χ3n) is 4.33. The van der Waals surface area contributed by atoms with Crippen molar-refractivity contribution in [2.24, 2.45) is 0 Å². The Morgan fingerprint density at radius 2 is 2.00 bits per heavy atom. The Kier molecular flexibility index (Phi) is 3.79. The Balaban J connectivity index is 1.46. The molecule has 2 aromatic heterocycles. The minimum absolute atomic E-state index is 0.0369. The second kappa shape index (κ2) is 6.12. The van der Waals surface area contributed by atoms with Gasteiger partial charge in [-0.1, -0.05) is 6.07 Å². The topological polar surface area (TPSA) is 62.5 Å². The summed E-state index contributed by atoms with van der Waals surface area (Å²) in [5.74, 6) is -1.42. The highest BCUT2D eigenvalue weighted by molar-refractivity contribution is 5.94. The molecule has 0 spiro atoms. The Bertz CT molecular complexity index is 921. The Labute approximate surface area is 142 Å². The van der Waals surface area contributed by atoms with E-state index in [2.05, 4.69) is 15.5 Å². The predicted molar refractivity (Wildman–Crippen MR) is 87.4 cm³/mol. The average Bonchev–Trinajstić information content (AvgIpc) is 3.23. The lowest BCUT2D eigenvalue weighted by atomic mass is 10.2. The van der Waals surface area contributed by atoms with Crippen molar-refractivity contribution in [1.29, 1.82) is 0 Å². The van der Waals surface area contributed by atoms with Gasteiger partial charge in [-0.3, -0.25) is 9.20 Å². The van der Waals surface area contributed by atoms with Crippen molar-refractivity contribution < 1.29 is 13.6 Å². The summed E-state index contributed by atoms with van der Waals surface area (Å²) in [6.07, 6.45) is 3.78. The molecule has 1 aliphatic rings. The molecular formula is C17H15F2N5O. The number of nitrogens with zero attached hydrogens (tertiary/aromatic N) is 4. The highest BCUT2D eigenvalue weighted by Crippen LogP contribution is 2.26. The fraction of sp³-hybridized carbons (Fsp3) is 0.235. The summed E-state index contributed by atoms with van der Waals surface area (Å²) in [6, 6.07) is 7.01. The molecule has 0 bridgehead atoms. The largest absolute Gasteiger partial charge is 0.365 e. The summed E-state index contributed by atoms with van der Waals surface area (Å²) in [7, 11) is 0. The molecule has 4 rings (SSSR count). The van der Waals surface area contributed by atoms with Crippen LogP contribution in [-0.2, 0) is 0 Å². The van der Waals surface area contributed by atoms with E-state index in [4.69, 9.17) is 0 Å². The van der Waals surface area contributed by atoms with Crippen LogP contribution < -0.4 is 10.2 Å². The number of rotatable bonds is 3. The fourth-order valence-electron chi connectivity index (χ4n) is 3.10. The number of amides is 1. The Morgan fingerprint density at radius 3 is 2.80 bits per heavy atom. The molecule has 1 saturated heterocycles. The molecular weight excluding hydrogens is 328 g/mol. The molecule has 3 aromatic rings. The fourth-order valence-corrected chi connectivity index (χ4v) is 3.10. The number of carbonyl (C=O) groups is 1. The van der Waals surface area contributed by atoms with Gasteiger partial charge in [0.1, 0.15) is 23.6 Å². The van der Waals surface area contributed by atoms with Gasteiger partial charge in [0.2, 0.25) is 0 Å². The zero-order chi connectivity index (χ0) is 17.4. The van der Waals surface area contributed by atoms with E-state index in [9.17, 15) is 13.6 Å². The van der Waals surface area contributed by atoms with Crippen molar-refractivity contribution >= 4 is 17.2 Å². The van der Waals surface area contributed by atoms with Crippen molar-refractivity contribution in [2.75, 3.05) is 18.0 Å². The van der Waals surface area contributed by atoms with E-state index in [1.807, 2.05) is 0 Å². The molecule has 6 nitrogen and oxygen atoms in total. The van der Waals surface area contributed by atoms with E-state index < -0.39 is 11.6 Å². The van der Waals surface area contributed by atoms with Crippen molar-refractivity contribution in [3.05, 3.63) is 60.1 Å². The lowest BCUT2D eigenvalue weighted by molar-refractivity contribution is 0.0940. The normalized spacial score (nSPS) is 17.2.